The van der Waals surface area contributed by atoms with Gasteiger partial charge in [0.05, 0.1) is 5.69 Å². The zero-order valence-corrected chi connectivity index (χ0v) is 25.2. The first-order valence-corrected chi connectivity index (χ1v) is 13.8. The van der Waals surface area contributed by atoms with Crippen LogP contribution in [0.1, 0.15) is 75.2 Å². The minimum absolute atomic E-state index is 0.0853. The lowest BCUT2D eigenvalue weighted by Gasteiger charge is -2.32. The Labute approximate surface area is 232 Å². The quantitative estimate of drug-likeness (QED) is 0.321. The number of Topliss-reactive ketones (excluding diaryl/α,β-unsaturated/α-hetero) is 1. The molecule has 2 aliphatic rings. The standard InChI is InChI=1S/C22H28Cl2N2O4.C6H15N/c1-20(2,3)30-19(29)25-26(14-10-12(23)9-13(24)11-14)18(28)16-15-7-8-22(6,17(16)27)21(15,4)5;1-4-7(5-2)6-3/h9-11,15-16H,7-8H2,1-6H3,(H,25,29);4-6H2,1-3H3/t15-,16?,22+;/m1./s1. The Kier molecular flexibility index (Phi) is 10.1. The summed E-state index contributed by atoms with van der Waals surface area (Å²) in [6, 6.07) is 4.54. The smallest absolute Gasteiger partial charge is 0.427 e. The first kappa shape index (κ1) is 31.4. The number of anilines is 1. The third-order valence-corrected chi connectivity index (χ3v) is 8.51. The molecule has 1 aromatic rings. The fourth-order valence-electron chi connectivity index (χ4n) is 5.49. The number of carbonyl (C=O) groups is 3. The van der Waals surface area contributed by atoms with Gasteiger partial charge in [0.25, 0.3) is 5.91 Å². The zero-order chi connectivity index (χ0) is 28.3. The molecule has 0 saturated heterocycles. The van der Waals surface area contributed by atoms with Gasteiger partial charge in [-0.05, 0) is 82.8 Å². The molecule has 208 valence electrons. The van der Waals surface area contributed by atoms with E-state index in [2.05, 4.69) is 31.1 Å². The second kappa shape index (κ2) is 11.9. The van der Waals surface area contributed by atoms with Gasteiger partial charge in [0.15, 0.2) is 5.78 Å². The summed E-state index contributed by atoms with van der Waals surface area (Å²) in [5.41, 5.74) is 1.12. The normalized spacial score (nSPS) is 23.9. The third-order valence-electron chi connectivity index (χ3n) is 8.07. The molecule has 0 spiro atoms. The predicted octanol–water partition coefficient (Wildman–Crippen LogP) is 6.76. The van der Waals surface area contributed by atoms with Gasteiger partial charge in [0.2, 0.25) is 0 Å². The highest BCUT2D eigenvalue weighted by atomic mass is 35.5. The number of hydrazine groups is 1. The lowest BCUT2D eigenvalue weighted by Crippen LogP contribution is -2.53. The topological polar surface area (TPSA) is 79.0 Å². The van der Waals surface area contributed by atoms with Crippen molar-refractivity contribution in [1.82, 2.24) is 10.3 Å². The largest absolute Gasteiger partial charge is 0.443 e. The fourth-order valence-corrected chi connectivity index (χ4v) is 6.00. The minimum atomic E-state index is -0.855. The number of rotatable bonds is 5. The maximum absolute atomic E-state index is 13.6. The molecule has 3 rings (SSSR count). The first-order chi connectivity index (χ1) is 17.0. The zero-order valence-electron chi connectivity index (χ0n) is 23.7. The fraction of sp³-hybridized carbons (Fsp3) is 0.679. The molecule has 0 aliphatic heterocycles. The Hall–Kier alpha value is -1.83. The number of halogens is 2. The average Bonchev–Trinajstić information content (AvgIpc) is 3.09. The van der Waals surface area contributed by atoms with E-state index >= 15 is 0 Å². The van der Waals surface area contributed by atoms with Crippen LogP contribution in [-0.2, 0) is 14.3 Å². The van der Waals surface area contributed by atoms with Crippen molar-refractivity contribution in [2.45, 2.75) is 80.8 Å². The monoisotopic (exact) mass is 555 g/mol. The summed E-state index contributed by atoms with van der Waals surface area (Å²) in [7, 11) is 0. The van der Waals surface area contributed by atoms with Gasteiger partial charge in [-0.1, -0.05) is 64.7 Å². The van der Waals surface area contributed by atoms with Gasteiger partial charge in [0, 0.05) is 15.5 Å². The number of ketones is 1. The van der Waals surface area contributed by atoms with E-state index < -0.39 is 28.9 Å². The number of carbonyl (C=O) groups excluding carboxylic acids is 3. The molecule has 0 heterocycles. The lowest BCUT2D eigenvalue weighted by molar-refractivity contribution is -0.138. The Bertz CT molecular complexity index is 978. The van der Waals surface area contributed by atoms with E-state index in [1.165, 1.54) is 37.8 Å². The Morgan fingerprint density at radius 1 is 1.03 bits per heavy atom. The van der Waals surface area contributed by atoms with E-state index in [4.69, 9.17) is 27.9 Å². The second-order valence-corrected chi connectivity index (χ2v) is 12.4. The van der Waals surface area contributed by atoms with Crippen molar-refractivity contribution in [2.75, 3.05) is 24.6 Å². The van der Waals surface area contributed by atoms with E-state index in [1.54, 1.807) is 20.8 Å². The summed E-state index contributed by atoms with van der Waals surface area (Å²) in [5.74, 6) is -1.56. The van der Waals surface area contributed by atoms with Gasteiger partial charge in [-0.25, -0.2) is 15.2 Å². The van der Waals surface area contributed by atoms with E-state index in [0.717, 1.165) is 17.9 Å². The van der Waals surface area contributed by atoms with Crippen LogP contribution in [0, 0.1) is 22.7 Å². The number of ether oxygens (including phenoxy) is 1. The van der Waals surface area contributed by atoms with Gasteiger partial charge in [-0.15, -0.1) is 0 Å². The SMILES string of the molecule is CC(C)(C)OC(=O)NN(C(=O)C1C(=O)[C@]2(C)CC[C@H]1C2(C)C)c1cc(Cl)cc(Cl)c1.CCN(CC)CC. The van der Waals surface area contributed by atoms with Crippen molar-refractivity contribution in [3.05, 3.63) is 28.2 Å². The molecule has 0 aromatic heterocycles. The molecular weight excluding hydrogens is 513 g/mol. The van der Waals surface area contributed by atoms with E-state index in [1.807, 2.05) is 20.8 Å². The molecule has 2 aliphatic carbocycles. The molecule has 0 radical (unpaired) electrons. The van der Waals surface area contributed by atoms with Crippen LogP contribution in [0.3, 0.4) is 0 Å². The number of nitrogens with zero attached hydrogens (tertiary/aromatic N) is 2. The molecule has 2 fully saturated rings. The van der Waals surface area contributed by atoms with Crippen molar-refractivity contribution >= 4 is 46.7 Å². The number of hydrogen-bond acceptors (Lipinski definition) is 5. The summed E-state index contributed by atoms with van der Waals surface area (Å²) in [6.45, 7) is 21.3. The van der Waals surface area contributed by atoms with Crippen LogP contribution in [-0.4, -0.2) is 47.9 Å². The average molecular weight is 557 g/mol. The maximum atomic E-state index is 13.6. The first-order valence-electron chi connectivity index (χ1n) is 13.1. The van der Waals surface area contributed by atoms with Crippen LogP contribution in [0.25, 0.3) is 0 Å². The van der Waals surface area contributed by atoms with Gasteiger partial charge < -0.3 is 9.64 Å². The van der Waals surface area contributed by atoms with Crippen LogP contribution in [0.4, 0.5) is 10.5 Å². The maximum Gasteiger partial charge on any atom is 0.427 e. The molecule has 1 aromatic carbocycles. The van der Waals surface area contributed by atoms with Crippen LogP contribution in [0.5, 0.6) is 0 Å². The Balaban J connectivity index is 0.000000604. The third kappa shape index (κ3) is 6.79. The molecule has 2 saturated carbocycles. The number of amides is 2. The highest BCUT2D eigenvalue weighted by molar-refractivity contribution is 6.35. The molecule has 2 bridgehead atoms. The van der Waals surface area contributed by atoms with Crippen LogP contribution >= 0.6 is 23.2 Å². The summed E-state index contributed by atoms with van der Waals surface area (Å²) < 4.78 is 5.32. The highest BCUT2D eigenvalue weighted by Crippen LogP contribution is 2.66. The van der Waals surface area contributed by atoms with Crippen molar-refractivity contribution in [3.63, 3.8) is 0 Å². The lowest BCUT2D eigenvalue weighted by atomic mass is 9.70. The van der Waals surface area contributed by atoms with E-state index in [0.29, 0.717) is 10.0 Å². The summed E-state index contributed by atoms with van der Waals surface area (Å²) in [6.07, 6.45) is 0.728. The van der Waals surface area contributed by atoms with Crippen LogP contribution in [0.2, 0.25) is 10.0 Å². The highest BCUT2D eigenvalue weighted by Gasteiger charge is 2.68. The van der Waals surface area contributed by atoms with Crippen molar-refractivity contribution < 1.29 is 19.1 Å². The second-order valence-electron chi connectivity index (χ2n) is 11.6. The summed E-state index contributed by atoms with van der Waals surface area (Å²) in [5, 5.41) is 1.65. The molecule has 1 unspecified atom stereocenters. The number of benzene rings is 1. The molecule has 9 heteroatoms. The van der Waals surface area contributed by atoms with Crippen LogP contribution in [0.15, 0.2) is 18.2 Å². The number of fused-ring (bicyclic) bond motifs is 2. The van der Waals surface area contributed by atoms with Gasteiger partial charge in [0.1, 0.15) is 11.5 Å². The molecule has 1 N–H and O–H groups in total. The predicted molar refractivity (Wildman–Crippen MR) is 150 cm³/mol. The van der Waals surface area contributed by atoms with Crippen molar-refractivity contribution in [2.24, 2.45) is 22.7 Å². The van der Waals surface area contributed by atoms with Gasteiger partial charge >= 0.3 is 6.09 Å². The van der Waals surface area contributed by atoms with Crippen molar-refractivity contribution in [1.29, 1.82) is 0 Å². The minimum Gasteiger partial charge on any atom is -0.443 e. The Morgan fingerprint density at radius 2 is 1.54 bits per heavy atom. The molecular formula is C28H43Cl2N3O4. The van der Waals surface area contributed by atoms with E-state index in [9.17, 15) is 14.4 Å². The van der Waals surface area contributed by atoms with Crippen LogP contribution < -0.4 is 10.4 Å². The molecule has 37 heavy (non-hydrogen) atoms. The molecule has 2 amide bonds. The number of nitrogens with one attached hydrogen (secondary N) is 1. The van der Waals surface area contributed by atoms with Crippen molar-refractivity contribution in [3.8, 4) is 0 Å². The van der Waals surface area contributed by atoms with Gasteiger partial charge in [-0.2, -0.15) is 0 Å². The Morgan fingerprint density at radius 3 is 1.92 bits per heavy atom. The molecule has 7 nitrogen and oxygen atoms in total. The summed E-state index contributed by atoms with van der Waals surface area (Å²) in [4.78, 5) is 41.8. The van der Waals surface area contributed by atoms with Gasteiger partial charge in [-0.3, -0.25) is 9.59 Å². The summed E-state index contributed by atoms with van der Waals surface area (Å²) >= 11 is 12.3. The van der Waals surface area contributed by atoms with E-state index in [-0.39, 0.29) is 22.8 Å². The number of hydrogen-bond donors (Lipinski definition) is 1. The molecule has 3 atom stereocenters.